The summed E-state index contributed by atoms with van der Waals surface area (Å²) in [6.45, 7) is 0. The highest BCUT2D eigenvalue weighted by atomic mass is 16.3. The molecule has 4 aromatic heterocycles. The number of nitrogens with zero attached hydrogens (tertiary/aromatic N) is 4. The summed E-state index contributed by atoms with van der Waals surface area (Å²) < 4.78 is 6.41. The summed E-state index contributed by atoms with van der Waals surface area (Å²) >= 11 is 0. The number of benzene rings is 4. The number of aromatic nitrogens is 4. The predicted molar refractivity (Wildman–Crippen MR) is 172 cm³/mol. The van der Waals surface area contributed by atoms with E-state index in [0.717, 1.165) is 72.3 Å². The molecule has 5 nitrogen and oxygen atoms in total. The normalized spacial score (nSPS) is 11.3. The van der Waals surface area contributed by atoms with E-state index in [4.69, 9.17) is 14.4 Å². The summed E-state index contributed by atoms with van der Waals surface area (Å²) in [5.41, 5.74) is 10.5. The fourth-order valence-corrected chi connectivity index (χ4v) is 5.60. The SMILES string of the molecule is c1ccc(-c2nc(-c3cc(-c4ccncc4)cc(-c4ccncc4)c3)cc(-c3cccc4c3oc3ccccc34)n2)cc1. The van der Waals surface area contributed by atoms with E-state index in [9.17, 15) is 0 Å². The molecule has 0 spiro atoms. The van der Waals surface area contributed by atoms with Crippen LogP contribution in [0.3, 0.4) is 0 Å². The summed E-state index contributed by atoms with van der Waals surface area (Å²) in [5.74, 6) is 0.654. The lowest BCUT2D eigenvalue weighted by Crippen LogP contribution is -1.97. The lowest BCUT2D eigenvalue weighted by Gasteiger charge is -2.13. The molecule has 0 aliphatic rings. The maximum Gasteiger partial charge on any atom is 0.160 e. The minimum Gasteiger partial charge on any atom is -0.455 e. The van der Waals surface area contributed by atoms with Crippen molar-refractivity contribution in [2.75, 3.05) is 0 Å². The average molecular weight is 553 g/mol. The van der Waals surface area contributed by atoms with Crippen LogP contribution in [0.15, 0.2) is 151 Å². The molecule has 0 amide bonds. The van der Waals surface area contributed by atoms with Crippen LogP contribution < -0.4 is 0 Å². The molecule has 4 aromatic carbocycles. The minimum atomic E-state index is 0.654. The van der Waals surface area contributed by atoms with Gasteiger partial charge in [0.25, 0.3) is 0 Å². The fraction of sp³-hybridized carbons (Fsp3) is 0. The number of pyridine rings is 2. The fourth-order valence-electron chi connectivity index (χ4n) is 5.60. The molecular formula is C38H24N4O. The van der Waals surface area contributed by atoms with E-state index in [2.05, 4.69) is 58.5 Å². The molecule has 0 bridgehead atoms. The van der Waals surface area contributed by atoms with Gasteiger partial charge in [-0.05, 0) is 82.9 Å². The molecule has 202 valence electrons. The van der Waals surface area contributed by atoms with Gasteiger partial charge in [-0.15, -0.1) is 0 Å². The van der Waals surface area contributed by atoms with E-state index in [1.807, 2.05) is 97.6 Å². The first-order chi connectivity index (χ1) is 21.3. The highest BCUT2D eigenvalue weighted by Gasteiger charge is 2.17. The average Bonchev–Trinajstić information content (AvgIpc) is 3.48. The molecule has 0 saturated heterocycles. The molecular weight excluding hydrogens is 528 g/mol. The quantitative estimate of drug-likeness (QED) is 0.213. The topological polar surface area (TPSA) is 64.7 Å². The van der Waals surface area contributed by atoms with Crippen molar-refractivity contribution in [3.8, 4) is 56.2 Å². The number of fused-ring (bicyclic) bond motifs is 3. The van der Waals surface area contributed by atoms with Gasteiger partial charge in [-0.2, -0.15) is 0 Å². The van der Waals surface area contributed by atoms with Crippen LogP contribution >= 0.6 is 0 Å². The van der Waals surface area contributed by atoms with Gasteiger partial charge in [0.15, 0.2) is 5.82 Å². The van der Waals surface area contributed by atoms with Gasteiger partial charge in [0, 0.05) is 52.3 Å². The summed E-state index contributed by atoms with van der Waals surface area (Å²) in [6.07, 6.45) is 7.27. The Bertz CT molecular complexity index is 2170. The van der Waals surface area contributed by atoms with Crippen LogP contribution in [0.1, 0.15) is 0 Å². The minimum absolute atomic E-state index is 0.654. The van der Waals surface area contributed by atoms with Crippen LogP contribution in [0.2, 0.25) is 0 Å². The largest absolute Gasteiger partial charge is 0.455 e. The molecule has 0 N–H and O–H groups in total. The maximum absolute atomic E-state index is 6.41. The van der Waals surface area contributed by atoms with Gasteiger partial charge in [-0.1, -0.05) is 60.7 Å². The van der Waals surface area contributed by atoms with Crippen molar-refractivity contribution >= 4 is 21.9 Å². The number of para-hydroxylation sites is 2. The van der Waals surface area contributed by atoms with Crippen molar-refractivity contribution in [3.05, 3.63) is 146 Å². The summed E-state index contributed by atoms with van der Waals surface area (Å²) in [7, 11) is 0. The van der Waals surface area contributed by atoms with Crippen molar-refractivity contribution in [2.24, 2.45) is 0 Å². The Balaban J connectivity index is 1.38. The van der Waals surface area contributed by atoms with Crippen molar-refractivity contribution in [1.82, 2.24) is 19.9 Å². The Kier molecular flexibility index (Phi) is 6.05. The Morgan fingerprint density at radius 1 is 0.419 bits per heavy atom. The Morgan fingerprint density at radius 2 is 1.02 bits per heavy atom. The third-order valence-corrected chi connectivity index (χ3v) is 7.69. The highest BCUT2D eigenvalue weighted by molar-refractivity contribution is 6.09. The zero-order valence-corrected chi connectivity index (χ0v) is 23.1. The molecule has 0 unspecified atom stereocenters. The van der Waals surface area contributed by atoms with E-state index in [0.29, 0.717) is 5.82 Å². The Labute approximate surface area is 248 Å². The van der Waals surface area contributed by atoms with Gasteiger partial charge in [-0.25, -0.2) is 9.97 Å². The third kappa shape index (κ3) is 4.63. The van der Waals surface area contributed by atoms with E-state index < -0.39 is 0 Å². The zero-order valence-electron chi connectivity index (χ0n) is 23.1. The summed E-state index contributed by atoms with van der Waals surface area (Å²) in [6, 6.07) is 41.2. The number of hydrogen-bond donors (Lipinski definition) is 0. The first-order valence-electron chi connectivity index (χ1n) is 14.1. The third-order valence-electron chi connectivity index (χ3n) is 7.69. The smallest absolute Gasteiger partial charge is 0.160 e. The van der Waals surface area contributed by atoms with Gasteiger partial charge in [0.2, 0.25) is 0 Å². The lowest BCUT2D eigenvalue weighted by molar-refractivity contribution is 0.670. The van der Waals surface area contributed by atoms with E-state index in [-0.39, 0.29) is 0 Å². The van der Waals surface area contributed by atoms with Crippen LogP contribution in [-0.4, -0.2) is 19.9 Å². The first-order valence-corrected chi connectivity index (χ1v) is 14.1. The number of hydrogen-bond acceptors (Lipinski definition) is 5. The van der Waals surface area contributed by atoms with Crippen LogP contribution in [0.25, 0.3) is 78.1 Å². The molecule has 5 heteroatoms. The molecule has 0 aliphatic heterocycles. The Morgan fingerprint density at radius 3 is 1.74 bits per heavy atom. The van der Waals surface area contributed by atoms with Crippen LogP contribution in [0.4, 0.5) is 0 Å². The van der Waals surface area contributed by atoms with Crippen LogP contribution in [0.5, 0.6) is 0 Å². The van der Waals surface area contributed by atoms with Gasteiger partial charge in [-0.3, -0.25) is 9.97 Å². The van der Waals surface area contributed by atoms with Crippen molar-refractivity contribution < 1.29 is 4.42 Å². The molecule has 8 rings (SSSR count). The molecule has 43 heavy (non-hydrogen) atoms. The van der Waals surface area contributed by atoms with Gasteiger partial charge in [0.05, 0.1) is 11.4 Å². The molecule has 0 saturated carbocycles. The second kappa shape index (κ2) is 10.5. The van der Waals surface area contributed by atoms with E-state index in [1.165, 1.54) is 0 Å². The highest BCUT2D eigenvalue weighted by Crippen LogP contribution is 2.38. The molecule has 0 aliphatic carbocycles. The van der Waals surface area contributed by atoms with Crippen molar-refractivity contribution in [3.63, 3.8) is 0 Å². The van der Waals surface area contributed by atoms with Crippen molar-refractivity contribution in [1.29, 1.82) is 0 Å². The molecule has 4 heterocycles. The maximum atomic E-state index is 6.41. The van der Waals surface area contributed by atoms with E-state index in [1.54, 1.807) is 0 Å². The van der Waals surface area contributed by atoms with Crippen LogP contribution in [0, 0.1) is 0 Å². The van der Waals surface area contributed by atoms with Gasteiger partial charge >= 0.3 is 0 Å². The van der Waals surface area contributed by atoms with E-state index >= 15 is 0 Å². The Hall–Kier alpha value is -5.94. The predicted octanol–water partition coefficient (Wildman–Crippen LogP) is 9.50. The molecule has 0 fully saturated rings. The second-order valence-electron chi connectivity index (χ2n) is 10.4. The van der Waals surface area contributed by atoms with Crippen molar-refractivity contribution in [2.45, 2.75) is 0 Å². The second-order valence-corrected chi connectivity index (χ2v) is 10.4. The number of rotatable bonds is 5. The summed E-state index contributed by atoms with van der Waals surface area (Å²) in [4.78, 5) is 18.7. The zero-order chi connectivity index (χ0) is 28.6. The standard InChI is InChI=1S/C38H24N4O/c1-2-7-27(8-3-1)38-41-34(24-35(42-38)33-11-6-10-32-31-9-4-5-12-36(31)43-37(32)33)30-22-28(25-13-17-39-18-14-25)21-29(23-30)26-15-19-40-20-16-26/h1-24H. The first kappa shape index (κ1) is 24.8. The lowest BCUT2D eigenvalue weighted by atomic mass is 9.95. The van der Waals surface area contributed by atoms with Gasteiger partial charge in [0.1, 0.15) is 11.2 Å². The molecule has 0 radical (unpaired) electrons. The van der Waals surface area contributed by atoms with Crippen LogP contribution in [-0.2, 0) is 0 Å². The monoisotopic (exact) mass is 552 g/mol. The number of furan rings is 1. The van der Waals surface area contributed by atoms with Gasteiger partial charge < -0.3 is 4.42 Å². The summed E-state index contributed by atoms with van der Waals surface area (Å²) in [5, 5.41) is 2.15. The molecule has 8 aromatic rings. The molecule has 0 atom stereocenters.